The van der Waals surface area contributed by atoms with Crippen molar-refractivity contribution in [1.82, 2.24) is 10.2 Å². The summed E-state index contributed by atoms with van der Waals surface area (Å²) in [6, 6.07) is 0. The summed E-state index contributed by atoms with van der Waals surface area (Å²) in [5, 5.41) is 3.01. The maximum atomic E-state index is 12.4. The number of aryl methyl sites for hydroxylation is 2. The van der Waals surface area contributed by atoms with Gasteiger partial charge >= 0.3 is 5.97 Å². The van der Waals surface area contributed by atoms with E-state index in [1.165, 1.54) is 19.3 Å². The second-order valence-electron chi connectivity index (χ2n) is 7.95. The molecule has 1 N–H and O–H groups in total. The predicted octanol–water partition coefficient (Wildman–Crippen LogP) is 2.51. The quantitative estimate of drug-likeness (QED) is 0.749. The molecule has 1 saturated carbocycles. The number of morpholine rings is 1. The minimum Gasteiger partial charge on any atom is -0.465 e. The van der Waals surface area contributed by atoms with E-state index in [0.717, 1.165) is 44.7 Å². The van der Waals surface area contributed by atoms with Crippen molar-refractivity contribution < 1.29 is 23.5 Å². The standard InChI is InChI=1S/C21H32N2O5/c1-15-16(2)28-17(3)19(15)20(25)27-13-18(24)22-14-21(7-5-4-6-8-21)23-9-11-26-12-10-23/h4-14H2,1-3H3,(H,22,24). The van der Waals surface area contributed by atoms with Crippen molar-refractivity contribution in [3.8, 4) is 0 Å². The highest BCUT2D eigenvalue weighted by molar-refractivity contribution is 5.93. The average molecular weight is 392 g/mol. The summed E-state index contributed by atoms with van der Waals surface area (Å²) >= 11 is 0. The molecule has 2 fully saturated rings. The molecule has 0 unspecified atom stereocenters. The number of carbonyl (C=O) groups excluding carboxylic acids is 2. The number of carbonyl (C=O) groups is 2. The average Bonchev–Trinajstić information content (AvgIpc) is 2.97. The van der Waals surface area contributed by atoms with E-state index in [-0.39, 0.29) is 18.1 Å². The number of hydrogen-bond donors (Lipinski definition) is 1. The molecule has 0 aromatic carbocycles. The molecule has 0 spiro atoms. The molecule has 1 saturated heterocycles. The van der Waals surface area contributed by atoms with E-state index in [4.69, 9.17) is 13.9 Å². The van der Waals surface area contributed by atoms with Gasteiger partial charge in [0.15, 0.2) is 6.61 Å². The molecule has 1 aromatic heterocycles. The summed E-state index contributed by atoms with van der Waals surface area (Å²) in [7, 11) is 0. The molecule has 2 heterocycles. The predicted molar refractivity (Wildman–Crippen MR) is 104 cm³/mol. The van der Waals surface area contributed by atoms with E-state index in [2.05, 4.69) is 10.2 Å². The van der Waals surface area contributed by atoms with Gasteiger partial charge in [-0.2, -0.15) is 0 Å². The molecule has 7 heteroatoms. The van der Waals surface area contributed by atoms with E-state index in [9.17, 15) is 9.59 Å². The van der Waals surface area contributed by atoms with Gasteiger partial charge in [0.05, 0.1) is 13.2 Å². The summed E-state index contributed by atoms with van der Waals surface area (Å²) in [6.07, 6.45) is 5.78. The first-order valence-electron chi connectivity index (χ1n) is 10.3. The van der Waals surface area contributed by atoms with E-state index in [1.807, 2.05) is 6.92 Å². The van der Waals surface area contributed by atoms with Crippen molar-refractivity contribution in [2.24, 2.45) is 0 Å². The van der Waals surface area contributed by atoms with Gasteiger partial charge in [-0.3, -0.25) is 9.69 Å². The van der Waals surface area contributed by atoms with Gasteiger partial charge in [0.25, 0.3) is 5.91 Å². The first-order valence-corrected chi connectivity index (χ1v) is 10.3. The minimum atomic E-state index is -0.512. The normalized spacial score (nSPS) is 20.0. The third-order valence-electron chi connectivity index (χ3n) is 6.18. The molecule has 0 bridgehead atoms. The van der Waals surface area contributed by atoms with E-state index < -0.39 is 5.97 Å². The van der Waals surface area contributed by atoms with Crippen LogP contribution in [0.15, 0.2) is 4.42 Å². The number of rotatable bonds is 6. The Labute approximate surface area is 166 Å². The number of nitrogens with zero attached hydrogens (tertiary/aromatic N) is 1. The van der Waals surface area contributed by atoms with Gasteiger partial charge in [-0.1, -0.05) is 19.3 Å². The van der Waals surface area contributed by atoms with Gasteiger partial charge in [0, 0.05) is 30.7 Å². The first-order chi connectivity index (χ1) is 13.4. The van der Waals surface area contributed by atoms with Crippen LogP contribution in [0.25, 0.3) is 0 Å². The Balaban J connectivity index is 1.54. The van der Waals surface area contributed by atoms with Crippen LogP contribution in [-0.4, -0.2) is 61.8 Å². The molecular formula is C21H32N2O5. The number of hydrogen-bond acceptors (Lipinski definition) is 6. The van der Waals surface area contributed by atoms with Crippen LogP contribution in [0.4, 0.5) is 0 Å². The lowest BCUT2D eigenvalue weighted by molar-refractivity contribution is -0.125. The Bertz CT molecular complexity index is 700. The number of esters is 1. The fraction of sp³-hybridized carbons (Fsp3) is 0.714. The van der Waals surface area contributed by atoms with E-state index in [1.54, 1.807) is 13.8 Å². The van der Waals surface area contributed by atoms with Crippen LogP contribution in [-0.2, 0) is 14.3 Å². The molecule has 3 rings (SSSR count). The Kier molecular flexibility index (Phi) is 6.78. The van der Waals surface area contributed by atoms with Crippen LogP contribution in [0, 0.1) is 20.8 Å². The van der Waals surface area contributed by atoms with Crippen molar-refractivity contribution >= 4 is 11.9 Å². The Morgan fingerprint density at radius 3 is 2.36 bits per heavy atom. The van der Waals surface area contributed by atoms with Gasteiger partial charge < -0.3 is 19.2 Å². The lowest BCUT2D eigenvalue weighted by Crippen LogP contribution is -2.59. The maximum absolute atomic E-state index is 12.4. The summed E-state index contributed by atoms with van der Waals surface area (Å²) in [6.45, 7) is 8.97. The van der Waals surface area contributed by atoms with E-state index >= 15 is 0 Å². The van der Waals surface area contributed by atoms with Crippen LogP contribution in [0.1, 0.15) is 59.5 Å². The van der Waals surface area contributed by atoms with Crippen LogP contribution >= 0.6 is 0 Å². The molecule has 1 aliphatic heterocycles. The highest BCUT2D eigenvalue weighted by Crippen LogP contribution is 2.33. The number of ether oxygens (including phenoxy) is 2. The summed E-state index contributed by atoms with van der Waals surface area (Å²) < 4.78 is 16.2. The number of furan rings is 1. The fourth-order valence-electron chi connectivity index (χ4n) is 4.46. The Morgan fingerprint density at radius 1 is 1.07 bits per heavy atom. The molecular weight excluding hydrogens is 360 g/mol. The van der Waals surface area contributed by atoms with Crippen molar-refractivity contribution in [1.29, 1.82) is 0 Å². The molecule has 1 amide bonds. The maximum Gasteiger partial charge on any atom is 0.342 e. The van der Waals surface area contributed by atoms with Crippen LogP contribution in [0.5, 0.6) is 0 Å². The summed E-state index contributed by atoms with van der Waals surface area (Å²) in [5.74, 6) is 0.442. The van der Waals surface area contributed by atoms with Gasteiger partial charge in [0.2, 0.25) is 0 Å². The first kappa shape index (κ1) is 20.9. The number of amides is 1. The molecule has 0 atom stereocenters. The molecule has 7 nitrogen and oxygen atoms in total. The second-order valence-corrected chi connectivity index (χ2v) is 7.95. The molecule has 2 aliphatic rings. The third kappa shape index (κ3) is 4.58. The number of nitrogens with one attached hydrogen (secondary N) is 1. The van der Waals surface area contributed by atoms with Gasteiger partial charge in [-0.25, -0.2) is 4.79 Å². The Morgan fingerprint density at radius 2 is 1.75 bits per heavy atom. The zero-order valence-electron chi connectivity index (χ0n) is 17.3. The lowest BCUT2D eigenvalue weighted by Gasteiger charge is -2.48. The molecule has 1 aliphatic carbocycles. The van der Waals surface area contributed by atoms with E-state index in [0.29, 0.717) is 23.6 Å². The molecule has 1 aromatic rings. The van der Waals surface area contributed by atoms with Crippen LogP contribution in [0.3, 0.4) is 0 Å². The molecule has 0 radical (unpaired) electrons. The topological polar surface area (TPSA) is 81.0 Å². The fourth-order valence-corrected chi connectivity index (χ4v) is 4.46. The summed E-state index contributed by atoms with van der Waals surface area (Å²) in [4.78, 5) is 27.2. The zero-order chi connectivity index (χ0) is 20.1. The monoisotopic (exact) mass is 392 g/mol. The van der Waals surface area contributed by atoms with Crippen molar-refractivity contribution in [3.05, 3.63) is 22.6 Å². The van der Waals surface area contributed by atoms with Crippen LogP contribution in [0.2, 0.25) is 0 Å². The SMILES string of the molecule is Cc1oc(C)c(C(=O)OCC(=O)NCC2(N3CCOCC3)CCCCC2)c1C. The molecule has 28 heavy (non-hydrogen) atoms. The Hall–Kier alpha value is -1.86. The largest absolute Gasteiger partial charge is 0.465 e. The summed E-state index contributed by atoms with van der Waals surface area (Å²) in [5.41, 5.74) is 1.18. The molecule has 156 valence electrons. The van der Waals surface area contributed by atoms with Crippen LogP contribution < -0.4 is 5.32 Å². The van der Waals surface area contributed by atoms with Gasteiger partial charge in [-0.05, 0) is 33.6 Å². The van der Waals surface area contributed by atoms with Crippen molar-refractivity contribution in [2.45, 2.75) is 58.4 Å². The second kappa shape index (κ2) is 9.09. The minimum absolute atomic E-state index is 0.00343. The van der Waals surface area contributed by atoms with Crippen molar-refractivity contribution in [2.75, 3.05) is 39.5 Å². The van der Waals surface area contributed by atoms with Crippen molar-refractivity contribution in [3.63, 3.8) is 0 Å². The van der Waals surface area contributed by atoms with Gasteiger partial charge in [-0.15, -0.1) is 0 Å². The zero-order valence-corrected chi connectivity index (χ0v) is 17.3. The van der Waals surface area contributed by atoms with Gasteiger partial charge in [0.1, 0.15) is 17.1 Å². The highest BCUT2D eigenvalue weighted by atomic mass is 16.5. The highest BCUT2D eigenvalue weighted by Gasteiger charge is 2.38. The lowest BCUT2D eigenvalue weighted by atomic mass is 9.79. The smallest absolute Gasteiger partial charge is 0.342 e. The third-order valence-corrected chi connectivity index (χ3v) is 6.18.